The molecule has 1 aromatic rings. The highest BCUT2D eigenvalue weighted by atomic mass is 16.5. The number of carbonyl (C=O) groups excluding carboxylic acids is 1. The number of benzene rings is 1. The van der Waals surface area contributed by atoms with Crippen LogP contribution in [0.1, 0.15) is 29.8 Å². The van der Waals surface area contributed by atoms with Crippen molar-refractivity contribution in [3.8, 4) is 0 Å². The molecule has 4 nitrogen and oxygen atoms in total. The molecule has 0 saturated carbocycles. The molecule has 0 radical (unpaired) electrons. The number of rotatable bonds is 8. The molecule has 1 rings (SSSR count). The molecule has 100 valence electrons. The summed E-state index contributed by atoms with van der Waals surface area (Å²) in [4.78, 5) is 10.9. The highest BCUT2D eigenvalue weighted by Gasteiger charge is 1.99. The zero-order chi connectivity index (χ0) is 13.4. The smallest absolute Gasteiger partial charge is 0.248 e. The molecule has 4 heteroatoms. The molecule has 0 heterocycles. The molecular formula is C14H22N2O2. The summed E-state index contributed by atoms with van der Waals surface area (Å²) in [5.74, 6) is 0.183. The van der Waals surface area contributed by atoms with Gasteiger partial charge < -0.3 is 15.8 Å². The molecular weight excluding hydrogens is 228 g/mol. The van der Waals surface area contributed by atoms with Crippen LogP contribution in [0.2, 0.25) is 0 Å². The van der Waals surface area contributed by atoms with Gasteiger partial charge in [0.05, 0.1) is 6.61 Å². The van der Waals surface area contributed by atoms with Crippen LogP contribution in [-0.4, -0.2) is 25.7 Å². The highest BCUT2D eigenvalue weighted by molar-refractivity contribution is 5.92. The molecule has 3 N–H and O–H groups in total. The van der Waals surface area contributed by atoms with Gasteiger partial charge in [0.1, 0.15) is 0 Å². The largest absolute Gasteiger partial charge is 0.380 e. The second kappa shape index (κ2) is 7.84. The number of primary amides is 1. The first-order valence-corrected chi connectivity index (χ1v) is 6.27. The zero-order valence-corrected chi connectivity index (χ0v) is 11.1. The minimum Gasteiger partial charge on any atom is -0.380 e. The Balaban J connectivity index is 2.17. The Kier molecular flexibility index (Phi) is 6.39. The number of carbonyl (C=O) groups is 1. The Labute approximate surface area is 109 Å². The molecule has 0 aromatic heterocycles. The average molecular weight is 250 g/mol. The Bertz CT molecular complexity index is 361. The number of hydrogen-bond donors (Lipinski definition) is 2. The number of ether oxygens (including phenoxy) is 1. The first kappa shape index (κ1) is 14.7. The standard InChI is InChI=1S/C14H22N2O2/c1-11(2)10-18-8-7-16-9-12-3-5-13(6-4-12)14(15)17/h3-6,11,16H,7-10H2,1-2H3,(H2,15,17). The van der Waals surface area contributed by atoms with E-state index in [1.807, 2.05) is 12.1 Å². The Hall–Kier alpha value is -1.39. The van der Waals surface area contributed by atoms with Crippen LogP contribution in [0.5, 0.6) is 0 Å². The van der Waals surface area contributed by atoms with E-state index in [9.17, 15) is 4.79 Å². The summed E-state index contributed by atoms with van der Waals surface area (Å²) in [6.07, 6.45) is 0. The number of nitrogens with one attached hydrogen (secondary N) is 1. The molecule has 0 saturated heterocycles. The van der Waals surface area contributed by atoms with Crippen molar-refractivity contribution in [1.82, 2.24) is 5.32 Å². The summed E-state index contributed by atoms with van der Waals surface area (Å²) in [6.45, 7) is 7.38. The third-order valence-corrected chi connectivity index (χ3v) is 2.44. The van der Waals surface area contributed by atoms with E-state index in [2.05, 4.69) is 19.2 Å². The summed E-state index contributed by atoms with van der Waals surface area (Å²) in [6, 6.07) is 7.30. The van der Waals surface area contributed by atoms with Gasteiger partial charge in [-0.25, -0.2) is 0 Å². The highest BCUT2D eigenvalue weighted by Crippen LogP contribution is 2.03. The molecule has 0 aliphatic carbocycles. The van der Waals surface area contributed by atoms with Gasteiger partial charge in [0.25, 0.3) is 0 Å². The molecule has 1 aromatic carbocycles. The lowest BCUT2D eigenvalue weighted by atomic mass is 10.1. The molecule has 0 fully saturated rings. The number of nitrogens with two attached hydrogens (primary N) is 1. The van der Waals surface area contributed by atoms with E-state index in [0.29, 0.717) is 11.5 Å². The summed E-state index contributed by atoms with van der Waals surface area (Å²) in [5.41, 5.74) is 6.84. The van der Waals surface area contributed by atoms with Crippen molar-refractivity contribution in [2.75, 3.05) is 19.8 Å². The third kappa shape index (κ3) is 5.80. The molecule has 0 spiro atoms. The van der Waals surface area contributed by atoms with E-state index in [1.165, 1.54) is 0 Å². The van der Waals surface area contributed by atoms with Gasteiger partial charge in [-0.15, -0.1) is 0 Å². The van der Waals surface area contributed by atoms with E-state index in [4.69, 9.17) is 10.5 Å². The molecule has 18 heavy (non-hydrogen) atoms. The van der Waals surface area contributed by atoms with Crippen LogP contribution in [0, 0.1) is 5.92 Å². The average Bonchev–Trinajstić information content (AvgIpc) is 2.34. The maximum absolute atomic E-state index is 10.9. The van der Waals surface area contributed by atoms with Crippen molar-refractivity contribution < 1.29 is 9.53 Å². The van der Waals surface area contributed by atoms with E-state index in [-0.39, 0.29) is 0 Å². The van der Waals surface area contributed by atoms with Crippen molar-refractivity contribution in [2.24, 2.45) is 11.7 Å². The van der Waals surface area contributed by atoms with Crippen molar-refractivity contribution >= 4 is 5.91 Å². The van der Waals surface area contributed by atoms with Gasteiger partial charge in [0, 0.05) is 25.3 Å². The van der Waals surface area contributed by atoms with Crippen molar-refractivity contribution in [3.05, 3.63) is 35.4 Å². The van der Waals surface area contributed by atoms with E-state index >= 15 is 0 Å². The minimum atomic E-state index is -0.392. The Morgan fingerprint density at radius 1 is 1.33 bits per heavy atom. The second-order valence-electron chi connectivity index (χ2n) is 4.71. The lowest BCUT2D eigenvalue weighted by molar-refractivity contribution is 0.100. The first-order chi connectivity index (χ1) is 8.59. The lowest BCUT2D eigenvalue weighted by Crippen LogP contribution is -2.20. The number of amides is 1. The fourth-order valence-corrected chi connectivity index (χ4v) is 1.48. The van der Waals surface area contributed by atoms with Crippen molar-refractivity contribution in [1.29, 1.82) is 0 Å². The van der Waals surface area contributed by atoms with Crippen LogP contribution < -0.4 is 11.1 Å². The molecule has 0 atom stereocenters. The van der Waals surface area contributed by atoms with Crippen molar-refractivity contribution in [3.63, 3.8) is 0 Å². The Morgan fingerprint density at radius 2 is 2.00 bits per heavy atom. The normalized spacial score (nSPS) is 10.8. The lowest BCUT2D eigenvalue weighted by Gasteiger charge is -2.08. The quantitative estimate of drug-likeness (QED) is 0.688. The van der Waals surface area contributed by atoms with Gasteiger partial charge in [0.2, 0.25) is 5.91 Å². The van der Waals surface area contributed by atoms with E-state index < -0.39 is 5.91 Å². The predicted octanol–water partition coefficient (Wildman–Crippen LogP) is 1.55. The molecule has 0 aliphatic heterocycles. The maximum atomic E-state index is 10.9. The maximum Gasteiger partial charge on any atom is 0.248 e. The fourth-order valence-electron chi connectivity index (χ4n) is 1.48. The van der Waals surface area contributed by atoms with Crippen LogP contribution in [0.4, 0.5) is 0 Å². The van der Waals surface area contributed by atoms with Gasteiger partial charge in [-0.2, -0.15) is 0 Å². The summed E-state index contributed by atoms with van der Waals surface area (Å²) < 4.78 is 5.46. The summed E-state index contributed by atoms with van der Waals surface area (Å²) >= 11 is 0. The molecule has 0 aliphatic rings. The van der Waals surface area contributed by atoms with Crippen molar-refractivity contribution in [2.45, 2.75) is 20.4 Å². The molecule has 0 bridgehead atoms. The Morgan fingerprint density at radius 3 is 2.56 bits per heavy atom. The van der Waals surface area contributed by atoms with Gasteiger partial charge >= 0.3 is 0 Å². The van der Waals surface area contributed by atoms with Gasteiger partial charge in [-0.05, 0) is 23.6 Å². The SMILES string of the molecule is CC(C)COCCNCc1ccc(C(N)=O)cc1. The van der Waals surface area contributed by atoms with Gasteiger partial charge in [0.15, 0.2) is 0 Å². The van der Waals surface area contributed by atoms with Crippen LogP contribution in [0.3, 0.4) is 0 Å². The fraction of sp³-hybridized carbons (Fsp3) is 0.500. The third-order valence-electron chi connectivity index (χ3n) is 2.44. The van der Waals surface area contributed by atoms with E-state index in [0.717, 1.165) is 31.9 Å². The minimum absolute atomic E-state index is 0.392. The molecule has 0 unspecified atom stereocenters. The van der Waals surface area contributed by atoms with Crippen LogP contribution in [0.15, 0.2) is 24.3 Å². The van der Waals surface area contributed by atoms with Gasteiger partial charge in [-0.3, -0.25) is 4.79 Å². The van der Waals surface area contributed by atoms with E-state index in [1.54, 1.807) is 12.1 Å². The van der Waals surface area contributed by atoms with Crippen LogP contribution >= 0.6 is 0 Å². The summed E-state index contributed by atoms with van der Waals surface area (Å²) in [5, 5.41) is 3.28. The zero-order valence-electron chi connectivity index (χ0n) is 11.1. The predicted molar refractivity (Wildman–Crippen MR) is 72.3 cm³/mol. The van der Waals surface area contributed by atoms with Crippen LogP contribution in [-0.2, 0) is 11.3 Å². The second-order valence-corrected chi connectivity index (χ2v) is 4.71. The summed E-state index contributed by atoms with van der Waals surface area (Å²) in [7, 11) is 0. The van der Waals surface area contributed by atoms with Gasteiger partial charge in [-0.1, -0.05) is 26.0 Å². The number of hydrogen-bond acceptors (Lipinski definition) is 3. The topological polar surface area (TPSA) is 64.3 Å². The van der Waals surface area contributed by atoms with Crippen LogP contribution in [0.25, 0.3) is 0 Å². The monoisotopic (exact) mass is 250 g/mol. The molecule has 1 amide bonds. The first-order valence-electron chi connectivity index (χ1n) is 6.27.